The van der Waals surface area contributed by atoms with Gasteiger partial charge in [0.1, 0.15) is 4.83 Å². The molecule has 0 bridgehead atoms. The van der Waals surface area contributed by atoms with Crippen LogP contribution in [0, 0.1) is 0 Å². The number of H-pyrrole nitrogens is 1. The maximum atomic E-state index is 13.3. The molecule has 1 N–H and O–H groups in total. The molecular formula is C21H11ClF3N3OS. The average molecular weight is 446 g/mol. The fourth-order valence-corrected chi connectivity index (χ4v) is 4.31. The smallest absolute Gasteiger partial charge is 0.289 e. The Labute approximate surface area is 176 Å². The minimum Gasteiger partial charge on any atom is -0.289 e. The molecular weight excluding hydrogens is 435 g/mol. The molecule has 0 unspecified atom stereocenters. The molecule has 150 valence electrons. The van der Waals surface area contributed by atoms with Crippen molar-refractivity contribution < 1.29 is 13.2 Å². The van der Waals surface area contributed by atoms with Crippen LogP contribution in [0.25, 0.3) is 38.1 Å². The summed E-state index contributed by atoms with van der Waals surface area (Å²) in [5.41, 5.74) is 0.312. The number of thiophene rings is 1. The summed E-state index contributed by atoms with van der Waals surface area (Å²) < 4.78 is 41.1. The van der Waals surface area contributed by atoms with E-state index >= 15 is 0 Å². The van der Waals surface area contributed by atoms with E-state index < -0.39 is 17.3 Å². The summed E-state index contributed by atoms with van der Waals surface area (Å²) in [4.78, 5) is 18.5. The van der Waals surface area contributed by atoms with Gasteiger partial charge in [0.2, 0.25) is 0 Å². The molecule has 5 rings (SSSR count). The number of nitrogens with one attached hydrogen (secondary N) is 1. The quantitative estimate of drug-likeness (QED) is 0.348. The van der Waals surface area contributed by atoms with Crippen LogP contribution in [-0.4, -0.2) is 14.8 Å². The van der Waals surface area contributed by atoms with Gasteiger partial charge in [0.25, 0.3) is 5.56 Å². The molecule has 2 aromatic carbocycles. The number of halogens is 4. The summed E-state index contributed by atoms with van der Waals surface area (Å²) in [6, 6.07) is 13.3. The molecule has 3 aromatic heterocycles. The normalized spacial score (nSPS) is 12.1. The lowest BCUT2D eigenvalue weighted by molar-refractivity contribution is -0.137. The maximum absolute atomic E-state index is 13.3. The molecule has 0 fully saturated rings. The zero-order chi connectivity index (χ0) is 21.0. The van der Waals surface area contributed by atoms with E-state index in [-0.39, 0.29) is 16.6 Å². The Morgan fingerprint density at radius 1 is 1.07 bits per heavy atom. The molecule has 5 aromatic rings. The number of aromatic nitrogens is 3. The summed E-state index contributed by atoms with van der Waals surface area (Å²) in [6.07, 6.45) is -4.50. The lowest BCUT2D eigenvalue weighted by atomic mass is 10.0. The first-order chi connectivity index (χ1) is 14.3. The monoisotopic (exact) mass is 445 g/mol. The molecule has 4 nitrogen and oxygen atoms in total. The molecule has 0 spiro atoms. The van der Waals surface area contributed by atoms with Crippen molar-refractivity contribution in [3.8, 4) is 16.9 Å². The minimum absolute atomic E-state index is 0.208. The van der Waals surface area contributed by atoms with Crippen LogP contribution in [0.1, 0.15) is 5.56 Å². The number of hydrogen-bond acceptors (Lipinski definition) is 3. The van der Waals surface area contributed by atoms with Gasteiger partial charge in [-0.2, -0.15) is 13.2 Å². The van der Waals surface area contributed by atoms with Gasteiger partial charge in [0.15, 0.2) is 0 Å². The molecule has 0 saturated carbocycles. The Morgan fingerprint density at radius 3 is 2.57 bits per heavy atom. The summed E-state index contributed by atoms with van der Waals surface area (Å²) in [5.74, 6) is 0. The molecule has 0 radical (unpaired) electrons. The van der Waals surface area contributed by atoms with Crippen LogP contribution < -0.4 is 5.56 Å². The average Bonchev–Trinajstić information content (AvgIpc) is 3.32. The third-order valence-electron chi connectivity index (χ3n) is 4.80. The van der Waals surface area contributed by atoms with Crippen LogP contribution in [0.3, 0.4) is 0 Å². The number of fused-ring (bicyclic) bond motifs is 3. The lowest BCUT2D eigenvalue weighted by Crippen LogP contribution is -2.14. The summed E-state index contributed by atoms with van der Waals surface area (Å²) >= 11 is 7.29. The van der Waals surface area contributed by atoms with Crippen LogP contribution >= 0.6 is 22.9 Å². The van der Waals surface area contributed by atoms with E-state index in [2.05, 4.69) is 10.1 Å². The van der Waals surface area contributed by atoms with Crippen molar-refractivity contribution in [1.29, 1.82) is 0 Å². The second-order valence-corrected chi connectivity index (χ2v) is 7.99. The van der Waals surface area contributed by atoms with Crippen molar-refractivity contribution in [1.82, 2.24) is 14.8 Å². The fourth-order valence-electron chi connectivity index (χ4n) is 3.41. The van der Waals surface area contributed by atoms with Crippen molar-refractivity contribution in [2.24, 2.45) is 0 Å². The second-order valence-electron chi connectivity index (χ2n) is 6.66. The first-order valence-corrected chi connectivity index (χ1v) is 10.0. The van der Waals surface area contributed by atoms with Gasteiger partial charge in [-0.3, -0.25) is 9.89 Å². The van der Waals surface area contributed by atoms with E-state index in [4.69, 9.17) is 11.6 Å². The number of pyridine rings is 1. The SMILES string of the molecule is O=c1c2c(-c3cccc(C(F)(F)F)c3)nc3sccc3c2[nH]n1-c1ccc(Cl)cc1. The van der Waals surface area contributed by atoms with Gasteiger partial charge >= 0.3 is 6.18 Å². The highest BCUT2D eigenvalue weighted by Crippen LogP contribution is 2.36. The van der Waals surface area contributed by atoms with E-state index in [0.717, 1.165) is 17.5 Å². The van der Waals surface area contributed by atoms with Crippen LogP contribution in [0.5, 0.6) is 0 Å². The highest BCUT2D eigenvalue weighted by Gasteiger charge is 2.31. The number of hydrogen-bond donors (Lipinski definition) is 1. The third-order valence-corrected chi connectivity index (χ3v) is 5.86. The number of rotatable bonds is 2. The summed E-state index contributed by atoms with van der Waals surface area (Å²) in [7, 11) is 0. The maximum Gasteiger partial charge on any atom is 0.416 e. The molecule has 9 heteroatoms. The molecule has 0 amide bonds. The first kappa shape index (κ1) is 18.9. The van der Waals surface area contributed by atoms with Crippen LogP contribution in [-0.2, 0) is 6.18 Å². The predicted molar refractivity (Wildman–Crippen MR) is 113 cm³/mol. The Hall–Kier alpha value is -3.10. The molecule has 0 aliphatic rings. The van der Waals surface area contributed by atoms with E-state index in [1.807, 2.05) is 11.4 Å². The van der Waals surface area contributed by atoms with Crippen molar-refractivity contribution in [2.75, 3.05) is 0 Å². The van der Waals surface area contributed by atoms with Crippen molar-refractivity contribution >= 4 is 44.1 Å². The van der Waals surface area contributed by atoms with Gasteiger partial charge < -0.3 is 0 Å². The topological polar surface area (TPSA) is 50.7 Å². The molecule has 3 heterocycles. The third kappa shape index (κ3) is 3.00. The van der Waals surface area contributed by atoms with E-state index in [1.165, 1.54) is 28.2 Å². The summed E-state index contributed by atoms with van der Waals surface area (Å²) in [5, 5.41) is 6.40. The molecule has 0 atom stereocenters. The van der Waals surface area contributed by atoms with Crippen molar-refractivity contribution in [2.45, 2.75) is 6.18 Å². The van der Waals surface area contributed by atoms with Crippen molar-refractivity contribution in [3.05, 3.63) is 80.9 Å². The molecule has 30 heavy (non-hydrogen) atoms. The second kappa shape index (κ2) is 6.72. The zero-order valence-electron chi connectivity index (χ0n) is 15.0. The van der Waals surface area contributed by atoms with E-state index in [9.17, 15) is 18.0 Å². The largest absolute Gasteiger partial charge is 0.416 e. The van der Waals surface area contributed by atoms with Crippen LogP contribution in [0.4, 0.5) is 13.2 Å². The zero-order valence-corrected chi connectivity index (χ0v) is 16.6. The van der Waals surface area contributed by atoms with Gasteiger partial charge in [-0.05, 0) is 47.8 Å². The van der Waals surface area contributed by atoms with E-state index in [1.54, 1.807) is 24.3 Å². The van der Waals surface area contributed by atoms with Crippen LogP contribution in [0.15, 0.2) is 64.8 Å². The highest BCUT2D eigenvalue weighted by molar-refractivity contribution is 7.16. The van der Waals surface area contributed by atoms with Crippen LogP contribution in [0.2, 0.25) is 5.02 Å². The predicted octanol–water partition coefficient (Wildman–Crippen LogP) is 6.27. The number of benzene rings is 2. The van der Waals surface area contributed by atoms with Gasteiger partial charge in [0.05, 0.1) is 27.8 Å². The number of aromatic amines is 1. The first-order valence-electron chi connectivity index (χ1n) is 8.78. The van der Waals surface area contributed by atoms with Crippen molar-refractivity contribution in [3.63, 3.8) is 0 Å². The highest BCUT2D eigenvalue weighted by atomic mass is 35.5. The van der Waals surface area contributed by atoms with Gasteiger partial charge in [-0.1, -0.05) is 23.7 Å². The van der Waals surface area contributed by atoms with E-state index in [0.29, 0.717) is 21.1 Å². The fraction of sp³-hybridized carbons (Fsp3) is 0.0476. The Balaban J connectivity index is 1.84. The lowest BCUT2D eigenvalue weighted by Gasteiger charge is -2.09. The molecule has 0 aliphatic carbocycles. The standard InChI is InChI=1S/C21H11ClF3N3OS/c22-13-4-6-14(7-5-13)28-20(29)16-17(11-2-1-3-12(10-11)21(23,24)25)26-19-15(8-9-30-19)18(16)27-28/h1-10,27H. The minimum atomic E-state index is -4.50. The number of alkyl halides is 3. The van der Waals surface area contributed by atoms with Gasteiger partial charge in [-0.25, -0.2) is 9.67 Å². The Kier molecular flexibility index (Phi) is 4.23. The molecule has 0 aliphatic heterocycles. The van der Waals surface area contributed by atoms with Gasteiger partial charge in [0, 0.05) is 16.0 Å². The number of nitrogens with zero attached hydrogens (tertiary/aromatic N) is 2. The Bertz CT molecular complexity index is 1470. The molecule has 0 saturated heterocycles. The summed E-state index contributed by atoms with van der Waals surface area (Å²) in [6.45, 7) is 0. The Morgan fingerprint density at radius 2 is 1.83 bits per heavy atom. The van der Waals surface area contributed by atoms with Gasteiger partial charge in [-0.15, -0.1) is 11.3 Å².